The van der Waals surface area contributed by atoms with E-state index in [2.05, 4.69) is 135 Å². The zero-order valence-electron chi connectivity index (χ0n) is 32.6. The molecule has 0 atom stereocenters. The van der Waals surface area contributed by atoms with E-state index in [1.54, 1.807) is 11.3 Å². The number of aryl methyl sites for hydroxylation is 4. The Hall–Kier alpha value is -5.72. The van der Waals surface area contributed by atoms with Gasteiger partial charge in [-0.3, -0.25) is 15.0 Å². The molecule has 0 unspecified atom stereocenters. The monoisotopic (exact) mass is 934 g/mol. The summed E-state index contributed by atoms with van der Waals surface area (Å²) in [6.07, 6.45) is 0. The van der Waals surface area contributed by atoms with E-state index in [1.807, 2.05) is 56.3 Å². The van der Waals surface area contributed by atoms with Crippen molar-refractivity contribution >= 4 is 32.5 Å². The molecule has 0 saturated heterocycles. The molecule has 7 heteroatoms. The molecule has 1 aliphatic carbocycles. The van der Waals surface area contributed by atoms with Gasteiger partial charge in [-0.1, -0.05) is 97.8 Å². The van der Waals surface area contributed by atoms with Crippen molar-refractivity contribution < 1.29 is 20.1 Å². The van der Waals surface area contributed by atoms with Crippen LogP contribution in [0.25, 0.3) is 76.9 Å². The number of nitrogens with zero attached hydrogens (tertiary/aromatic N) is 5. The molecule has 0 aliphatic heterocycles. The van der Waals surface area contributed by atoms with Gasteiger partial charge in [0.15, 0.2) is 0 Å². The Kier molecular flexibility index (Phi) is 10.3. The molecule has 5 nitrogen and oxygen atoms in total. The molecule has 0 saturated carbocycles. The number of rotatable bonds is 4. The summed E-state index contributed by atoms with van der Waals surface area (Å²) in [5.74, 6) is 1.47. The molecule has 0 spiro atoms. The quantitative estimate of drug-likeness (QED) is 0.165. The van der Waals surface area contributed by atoms with Crippen LogP contribution in [0.5, 0.6) is 0 Å². The summed E-state index contributed by atoms with van der Waals surface area (Å²) < 4.78 is 1.18. The second-order valence-electron chi connectivity index (χ2n) is 15.0. The van der Waals surface area contributed by atoms with E-state index in [9.17, 15) is 0 Å². The van der Waals surface area contributed by atoms with Gasteiger partial charge in [0.2, 0.25) is 0 Å². The van der Waals surface area contributed by atoms with Gasteiger partial charge in [0.1, 0.15) is 5.82 Å². The van der Waals surface area contributed by atoms with Crippen molar-refractivity contribution in [2.75, 3.05) is 0 Å². The van der Waals surface area contributed by atoms with Gasteiger partial charge in [-0.25, -0.2) is 9.97 Å². The second kappa shape index (κ2) is 15.3. The molecule has 3 heterocycles. The maximum atomic E-state index is 5.14. The van der Waals surface area contributed by atoms with Gasteiger partial charge in [-0.2, -0.15) is 11.3 Å². The number of benzene rings is 6. The second-order valence-corrected chi connectivity index (χ2v) is 16.0. The molecule has 1 aliphatic rings. The van der Waals surface area contributed by atoms with E-state index in [1.165, 1.54) is 43.6 Å². The van der Waals surface area contributed by atoms with E-state index >= 15 is 0 Å². The topological polar surface area (TPSA) is 64.5 Å². The molecular weight excluding hydrogens is 895 g/mol. The number of fused-ring (bicyclic) bond motifs is 5. The Morgan fingerprint density at radius 3 is 2.04 bits per heavy atom. The van der Waals surface area contributed by atoms with Gasteiger partial charge in [-0.15, -0.1) is 59.2 Å². The molecule has 3 aromatic heterocycles. The minimum absolute atomic E-state index is 0. The SMILES string of the molecule is Cc1cc(C)nc(-c2cc[c-]c(-c3nc4ccccc4s3)c2)n1.Cc1cccc(C)c1-c1nc(-c2[c-]cc3c(c2)-c2ccccc2C3(C)C)nc2ccccc12.[Ir]. The van der Waals surface area contributed by atoms with Gasteiger partial charge in [0.25, 0.3) is 0 Å². The van der Waals surface area contributed by atoms with Crippen LogP contribution >= 0.6 is 11.3 Å². The standard InChI is InChI=1S/C31H25N2.C19H14N3S.Ir/c1-19-10-9-11-20(2)28(19)29-23-13-6-8-15-27(23)32-30(33-29)21-16-17-26-24(18-21)22-12-5-7-14-25(22)31(26,3)4;1-12-10-13(2)21-18(20-12)14-6-5-7-15(11-14)19-22-16-8-3-4-9-17(16)23-19;/h5-15,17-18H,1-4H3;3-6,8-11H,1-2H3;/q2*-1;. The first-order chi connectivity index (χ1) is 27.1. The average Bonchev–Trinajstić information content (AvgIpc) is 3.74. The molecular formula is C50H39IrN5S-2. The largest absolute Gasteiger partial charge is 0.285 e. The zero-order valence-corrected chi connectivity index (χ0v) is 35.8. The third-order valence-corrected chi connectivity index (χ3v) is 11.7. The molecule has 0 fully saturated rings. The Bertz CT molecular complexity index is 2890. The molecule has 9 aromatic rings. The van der Waals surface area contributed by atoms with E-state index in [0.29, 0.717) is 0 Å². The Labute approximate surface area is 351 Å². The molecule has 57 heavy (non-hydrogen) atoms. The molecule has 0 bridgehead atoms. The molecule has 0 N–H and O–H groups in total. The van der Waals surface area contributed by atoms with Crippen LogP contribution in [0.15, 0.2) is 127 Å². The maximum Gasteiger partial charge on any atom is 0.141 e. The van der Waals surface area contributed by atoms with Crippen LogP contribution in [-0.2, 0) is 25.5 Å². The third kappa shape index (κ3) is 7.12. The van der Waals surface area contributed by atoms with Crippen LogP contribution in [0.1, 0.15) is 47.5 Å². The van der Waals surface area contributed by atoms with Gasteiger partial charge < -0.3 is 0 Å². The Morgan fingerprint density at radius 2 is 1.26 bits per heavy atom. The summed E-state index contributed by atoms with van der Waals surface area (Å²) in [4.78, 5) is 23.9. The molecule has 6 aromatic carbocycles. The van der Waals surface area contributed by atoms with Crippen LogP contribution in [0.3, 0.4) is 0 Å². The van der Waals surface area contributed by atoms with Crippen LogP contribution in [0, 0.1) is 39.8 Å². The average molecular weight is 934 g/mol. The number of hydrogen-bond acceptors (Lipinski definition) is 6. The summed E-state index contributed by atoms with van der Waals surface area (Å²) in [6, 6.07) is 50.7. The van der Waals surface area contributed by atoms with Crippen molar-refractivity contribution in [3.63, 3.8) is 0 Å². The van der Waals surface area contributed by atoms with E-state index in [4.69, 9.17) is 15.0 Å². The summed E-state index contributed by atoms with van der Waals surface area (Å²) in [5.41, 5.74) is 16.6. The van der Waals surface area contributed by atoms with Crippen molar-refractivity contribution in [2.45, 2.75) is 47.0 Å². The zero-order chi connectivity index (χ0) is 38.6. The Morgan fingerprint density at radius 1 is 0.561 bits per heavy atom. The van der Waals surface area contributed by atoms with Crippen molar-refractivity contribution in [1.29, 1.82) is 0 Å². The predicted molar refractivity (Wildman–Crippen MR) is 231 cm³/mol. The number of para-hydroxylation sites is 2. The first kappa shape index (κ1) is 38.2. The first-order valence-electron chi connectivity index (χ1n) is 18.8. The van der Waals surface area contributed by atoms with E-state index in [0.717, 1.165) is 66.8 Å². The fourth-order valence-electron chi connectivity index (χ4n) is 7.92. The van der Waals surface area contributed by atoms with E-state index < -0.39 is 0 Å². The molecule has 10 rings (SSSR count). The third-order valence-electron chi connectivity index (χ3n) is 10.6. The van der Waals surface area contributed by atoms with Crippen LogP contribution < -0.4 is 0 Å². The first-order valence-corrected chi connectivity index (χ1v) is 19.7. The van der Waals surface area contributed by atoms with Crippen LogP contribution in [0.4, 0.5) is 0 Å². The molecule has 281 valence electrons. The number of thiazole rings is 1. The van der Waals surface area contributed by atoms with Crippen molar-refractivity contribution in [3.05, 3.63) is 173 Å². The minimum atomic E-state index is -0.0331. The molecule has 1 radical (unpaired) electrons. The fraction of sp³-hybridized carbons (Fsp3) is 0.140. The van der Waals surface area contributed by atoms with Gasteiger partial charge in [0.05, 0.1) is 22.6 Å². The summed E-state index contributed by atoms with van der Waals surface area (Å²) >= 11 is 1.68. The predicted octanol–water partition coefficient (Wildman–Crippen LogP) is 12.5. The number of aromatic nitrogens is 5. The summed E-state index contributed by atoms with van der Waals surface area (Å²) in [6.45, 7) is 12.9. The summed E-state index contributed by atoms with van der Waals surface area (Å²) in [5, 5.41) is 2.05. The van der Waals surface area contributed by atoms with Gasteiger partial charge in [-0.05, 0) is 79.6 Å². The van der Waals surface area contributed by atoms with Gasteiger partial charge >= 0.3 is 0 Å². The van der Waals surface area contributed by atoms with Crippen LogP contribution in [0.2, 0.25) is 0 Å². The number of hydrogen-bond donors (Lipinski definition) is 0. The van der Waals surface area contributed by atoms with Crippen molar-refractivity contribution in [3.8, 4) is 55.7 Å². The Balaban J connectivity index is 0.000000167. The normalized spacial score (nSPS) is 12.4. The van der Waals surface area contributed by atoms with E-state index in [-0.39, 0.29) is 25.5 Å². The van der Waals surface area contributed by atoms with Crippen molar-refractivity contribution in [1.82, 2.24) is 24.9 Å². The summed E-state index contributed by atoms with van der Waals surface area (Å²) in [7, 11) is 0. The minimum Gasteiger partial charge on any atom is -0.285 e. The van der Waals surface area contributed by atoms with Crippen molar-refractivity contribution in [2.24, 2.45) is 0 Å². The van der Waals surface area contributed by atoms with Gasteiger partial charge in [0, 0.05) is 52.2 Å². The smallest absolute Gasteiger partial charge is 0.141 e. The molecule has 0 amide bonds. The fourth-order valence-corrected chi connectivity index (χ4v) is 8.86. The maximum absolute atomic E-state index is 5.14. The van der Waals surface area contributed by atoms with Crippen LogP contribution in [-0.4, -0.2) is 24.9 Å².